The monoisotopic (exact) mass is 364 g/mol. The van der Waals surface area contributed by atoms with Crippen LogP contribution in [-0.2, 0) is 11.0 Å². The summed E-state index contributed by atoms with van der Waals surface area (Å²) in [4.78, 5) is 18.5. The van der Waals surface area contributed by atoms with Crippen LogP contribution in [-0.4, -0.2) is 20.4 Å². The number of H-pyrrole nitrogens is 1. The van der Waals surface area contributed by atoms with Crippen LogP contribution >= 0.6 is 0 Å². The van der Waals surface area contributed by atoms with E-state index < -0.39 is 18.0 Å². The highest BCUT2D eigenvalue weighted by molar-refractivity contribution is 5.95. The van der Waals surface area contributed by atoms with Gasteiger partial charge in [0.2, 0.25) is 11.7 Å². The van der Waals surface area contributed by atoms with Crippen molar-refractivity contribution in [2.75, 3.05) is 5.32 Å². The number of hydrogen-bond acceptors (Lipinski definition) is 2. The van der Waals surface area contributed by atoms with Crippen LogP contribution in [0.4, 0.5) is 18.9 Å². The zero-order valence-corrected chi connectivity index (χ0v) is 14.3. The number of nitrogens with one attached hydrogen (secondary N) is 2. The fourth-order valence-corrected chi connectivity index (χ4v) is 2.81. The number of imidazole rings is 1. The number of hydrogen-bond donors (Lipinski definition) is 2. The Kier molecular flexibility index (Phi) is 4.76. The van der Waals surface area contributed by atoms with Gasteiger partial charge in [0.1, 0.15) is 6.04 Å². The highest BCUT2D eigenvalue weighted by atomic mass is 19.4. The van der Waals surface area contributed by atoms with Crippen molar-refractivity contribution in [2.45, 2.75) is 32.5 Å². The summed E-state index contributed by atoms with van der Waals surface area (Å²) in [5.41, 5.74) is 0.830. The van der Waals surface area contributed by atoms with Crippen LogP contribution in [0.5, 0.6) is 0 Å². The number of halogens is 3. The molecule has 0 spiro atoms. The van der Waals surface area contributed by atoms with Gasteiger partial charge in [-0.2, -0.15) is 13.2 Å². The van der Waals surface area contributed by atoms with Gasteiger partial charge in [-0.05, 0) is 42.7 Å². The van der Waals surface area contributed by atoms with Crippen LogP contribution in [0.2, 0.25) is 0 Å². The summed E-state index contributed by atoms with van der Waals surface area (Å²) in [6, 6.07) is 7.74. The third-order valence-electron chi connectivity index (χ3n) is 4.00. The number of alkyl halides is 3. The molecule has 2 N–H and O–H groups in total. The van der Waals surface area contributed by atoms with Crippen molar-refractivity contribution in [3.8, 4) is 0 Å². The lowest BCUT2D eigenvalue weighted by atomic mass is 10.0. The van der Waals surface area contributed by atoms with E-state index in [1.807, 2.05) is 42.9 Å². The first-order chi connectivity index (χ1) is 12.2. The minimum Gasteiger partial charge on any atom is -0.342 e. The number of carbonyl (C=O) groups excluding carboxylic acids is 1. The molecule has 26 heavy (non-hydrogen) atoms. The van der Waals surface area contributed by atoms with Crippen molar-refractivity contribution < 1.29 is 18.0 Å². The van der Waals surface area contributed by atoms with Crippen molar-refractivity contribution >= 4 is 22.6 Å². The average Bonchev–Trinajstić information content (AvgIpc) is 3.20. The van der Waals surface area contributed by atoms with Crippen LogP contribution in [0.25, 0.3) is 11.0 Å². The zero-order chi connectivity index (χ0) is 18.9. The molecule has 0 aliphatic rings. The van der Waals surface area contributed by atoms with Gasteiger partial charge in [-0.3, -0.25) is 4.79 Å². The molecule has 138 valence electrons. The molecule has 1 atom stereocenters. The molecule has 0 radical (unpaired) electrons. The Morgan fingerprint density at radius 2 is 1.96 bits per heavy atom. The van der Waals surface area contributed by atoms with Gasteiger partial charge in [0.15, 0.2) is 0 Å². The summed E-state index contributed by atoms with van der Waals surface area (Å²) >= 11 is 0. The number of nitrogens with zero attached hydrogens (tertiary/aromatic N) is 2. The van der Waals surface area contributed by atoms with E-state index in [4.69, 9.17) is 0 Å². The fraction of sp³-hybridized carbons (Fsp3) is 0.333. The second kappa shape index (κ2) is 6.86. The third-order valence-corrected chi connectivity index (χ3v) is 4.00. The van der Waals surface area contributed by atoms with Gasteiger partial charge >= 0.3 is 6.18 Å². The van der Waals surface area contributed by atoms with E-state index in [0.717, 1.165) is 0 Å². The molecule has 5 nitrogen and oxygen atoms in total. The van der Waals surface area contributed by atoms with Crippen LogP contribution in [0.1, 0.15) is 32.1 Å². The summed E-state index contributed by atoms with van der Waals surface area (Å²) in [5, 5.41) is 2.79. The molecule has 2 heterocycles. The molecule has 2 aromatic heterocycles. The number of fused-ring (bicyclic) bond motifs is 1. The van der Waals surface area contributed by atoms with Crippen molar-refractivity contribution in [2.24, 2.45) is 5.92 Å². The molecule has 1 aromatic carbocycles. The maximum atomic E-state index is 12.8. The van der Waals surface area contributed by atoms with E-state index in [-0.39, 0.29) is 16.9 Å². The Balaban J connectivity index is 1.83. The van der Waals surface area contributed by atoms with E-state index in [9.17, 15) is 18.0 Å². The second-order valence-electron chi connectivity index (χ2n) is 6.58. The number of aromatic amines is 1. The summed E-state index contributed by atoms with van der Waals surface area (Å²) in [7, 11) is 0. The van der Waals surface area contributed by atoms with Gasteiger partial charge in [0.25, 0.3) is 0 Å². The lowest BCUT2D eigenvalue weighted by Crippen LogP contribution is -2.26. The van der Waals surface area contributed by atoms with Crippen molar-refractivity contribution in [1.82, 2.24) is 14.5 Å². The summed E-state index contributed by atoms with van der Waals surface area (Å²) < 4.78 is 40.1. The highest BCUT2D eigenvalue weighted by Gasteiger charge is 2.34. The molecule has 3 aromatic rings. The molecule has 0 saturated heterocycles. The Labute approximate surface area is 148 Å². The van der Waals surface area contributed by atoms with Crippen LogP contribution in [0.15, 0.2) is 42.7 Å². The predicted octanol–water partition coefficient (Wildman–Crippen LogP) is 4.61. The van der Waals surface area contributed by atoms with Gasteiger partial charge in [0.05, 0.1) is 11.0 Å². The summed E-state index contributed by atoms with van der Waals surface area (Å²) in [6.07, 6.45) is -0.259. The Hall–Kier alpha value is -2.77. The van der Waals surface area contributed by atoms with Gasteiger partial charge in [0, 0.05) is 18.1 Å². The molecule has 0 aliphatic carbocycles. The zero-order valence-electron chi connectivity index (χ0n) is 14.3. The Morgan fingerprint density at radius 1 is 1.27 bits per heavy atom. The third kappa shape index (κ3) is 3.89. The van der Waals surface area contributed by atoms with E-state index >= 15 is 0 Å². The fourth-order valence-electron chi connectivity index (χ4n) is 2.81. The molecule has 1 amide bonds. The number of rotatable bonds is 5. The van der Waals surface area contributed by atoms with Crippen molar-refractivity contribution in [3.63, 3.8) is 0 Å². The van der Waals surface area contributed by atoms with Crippen molar-refractivity contribution in [1.29, 1.82) is 0 Å². The number of amides is 1. The van der Waals surface area contributed by atoms with E-state index in [1.54, 1.807) is 6.07 Å². The second-order valence-corrected chi connectivity index (χ2v) is 6.58. The molecular formula is C18H19F3N4O. The SMILES string of the molecule is CC(C)C[C@@H](C(=O)Nc1ccc2nc(C(F)(F)F)[nH]c2c1)n1cccc1. The first kappa shape index (κ1) is 18.0. The molecule has 3 rings (SSSR count). The quantitative estimate of drug-likeness (QED) is 0.694. The molecule has 0 saturated carbocycles. The minimum atomic E-state index is -4.54. The maximum absolute atomic E-state index is 12.8. The summed E-state index contributed by atoms with van der Waals surface area (Å²) in [6.45, 7) is 4.05. The Bertz CT molecular complexity index is 897. The molecular weight excluding hydrogens is 345 g/mol. The van der Waals surface area contributed by atoms with Crippen LogP contribution in [0, 0.1) is 5.92 Å². The predicted molar refractivity (Wildman–Crippen MR) is 92.6 cm³/mol. The van der Waals surface area contributed by atoms with Gasteiger partial charge in [-0.25, -0.2) is 4.98 Å². The standard InChI is InChI=1S/C18H19F3N4O/c1-11(2)9-15(25-7-3-4-8-25)16(26)22-12-5-6-13-14(10-12)24-17(23-13)18(19,20)21/h3-8,10-11,15H,9H2,1-2H3,(H,22,26)(H,23,24)/t15-/m0/s1. The highest BCUT2D eigenvalue weighted by Crippen LogP contribution is 2.29. The average molecular weight is 364 g/mol. The number of aromatic nitrogens is 3. The van der Waals surface area contributed by atoms with Crippen molar-refractivity contribution in [3.05, 3.63) is 48.5 Å². The minimum absolute atomic E-state index is 0.194. The molecule has 8 heteroatoms. The van der Waals surface area contributed by atoms with Gasteiger partial charge < -0.3 is 14.9 Å². The molecule has 0 unspecified atom stereocenters. The Morgan fingerprint density at radius 3 is 2.58 bits per heavy atom. The topological polar surface area (TPSA) is 62.7 Å². The lowest BCUT2D eigenvalue weighted by molar-refractivity contribution is -0.144. The van der Waals surface area contributed by atoms with Crippen LogP contribution < -0.4 is 5.32 Å². The number of carbonyl (C=O) groups is 1. The normalized spacial score (nSPS) is 13.3. The number of anilines is 1. The smallest absolute Gasteiger partial charge is 0.342 e. The molecule has 0 aliphatic heterocycles. The molecule has 0 bridgehead atoms. The van der Waals surface area contributed by atoms with Gasteiger partial charge in [-0.15, -0.1) is 0 Å². The molecule has 0 fully saturated rings. The first-order valence-electron chi connectivity index (χ1n) is 8.24. The largest absolute Gasteiger partial charge is 0.449 e. The maximum Gasteiger partial charge on any atom is 0.449 e. The number of benzene rings is 1. The van der Waals surface area contributed by atoms with E-state index in [1.165, 1.54) is 12.1 Å². The van der Waals surface area contributed by atoms with E-state index in [2.05, 4.69) is 15.3 Å². The van der Waals surface area contributed by atoms with E-state index in [0.29, 0.717) is 18.0 Å². The first-order valence-corrected chi connectivity index (χ1v) is 8.24. The van der Waals surface area contributed by atoms with Crippen LogP contribution in [0.3, 0.4) is 0 Å². The summed E-state index contributed by atoms with van der Waals surface area (Å²) in [5.74, 6) is -0.969. The lowest BCUT2D eigenvalue weighted by Gasteiger charge is -2.20. The van der Waals surface area contributed by atoms with Gasteiger partial charge in [-0.1, -0.05) is 13.8 Å².